The van der Waals surface area contributed by atoms with Crippen molar-refractivity contribution in [3.8, 4) is 0 Å². The van der Waals surface area contributed by atoms with Crippen molar-refractivity contribution in [1.29, 1.82) is 0 Å². The Morgan fingerprint density at radius 1 is 0.969 bits per heavy atom. The number of fused-ring (bicyclic) bond motifs is 1. The molecule has 1 N–H and O–H groups in total. The van der Waals surface area contributed by atoms with Gasteiger partial charge in [-0.3, -0.25) is 14.9 Å². The standard InChI is InChI=1S/C22H14ClF3N4O2/c23-14-8-6-13(7-9-14)12-30-16-5-2-1-4-15(16)17(19(30)22(24,25)26)18(31)20(32)29-21-27-10-3-11-28-21/h1-11H,12H2,(H,27,28,29,32). The molecule has 0 aliphatic rings. The zero-order valence-electron chi connectivity index (χ0n) is 16.2. The van der Waals surface area contributed by atoms with E-state index in [1.165, 1.54) is 36.7 Å². The lowest BCUT2D eigenvalue weighted by molar-refractivity contribution is -0.143. The number of para-hydroxylation sites is 1. The summed E-state index contributed by atoms with van der Waals surface area (Å²) >= 11 is 5.87. The van der Waals surface area contributed by atoms with Gasteiger partial charge in [0.05, 0.1) is 5.56 Å². The number of nitrogens with zero attached hydrogens (tertiary/aromatic N) is 3. The number of nitrogens with one attached hydrogen (secondary N) is 1. The van der Waals surface area contributed by atoms with Crippen LogP contribution in [0.2, 0.25) is 5.02 Å². The Labute approximate surface area is 184 Å². The third kappa shape index (κ3) is 4.19. The van der Waals surface area contributed by atoms with Crippen molar-refractivity contribution >= 4 is 40.1 Å². The summed E-state index contributed by atoms with van der Waals surface area (Å²) in [5, 5.41) is 2.61. The van der Waals surface area contributed by atoms with Crippen molar-refractivity contribution < 1.29 is 22.8 Å². The van der Waals surface area contributed by atoms with Crippen LogP contribution in [0.4, 0.5) is 19.1 Å². The lowest BCUT2D eigenvalue weighted by atomic mass is 10.1. The molecule has 0 radical (unpaired) electrons. The first-order valence-corrected chi connectivity index (χ1v) is 9.69. The summed E-state index contributed by atoms with van der Waals surface area (Å²) in [7, 11) is 0. The number of aromatic nitrogens is 3. The molecule has 0 aliphatic carbocycles. The molecule has 2 heterocycles. The second-order valence-corrected chi connectivity index (χ2v) is 7.24. The molecule has 6 nitrogen and oxygen atoms in total. The maximum absolute atomic E-state index is 14.2. The van der Waals surface area contributed by atoms with Crippen LogP contribution >= 0.6 is 11.6 Å². The van der Waals surface area contributed by atoms with Crippen LogP contribution in [-0.4, -0.2) is 26.2 Å². The predicted octanol–water partition coefficient (Wildman–Crippen LogP) is 4.97. The molecular formula is C22H14ClF3N4O2. The highest BCUT2D eigenvalue weighted by molar-refractivity contribution is 6.48. The zero-order chi connectivity index (χ0) is 22.9. The molecule has 0 fully saturated rings. The number of rotatable bonds is 5. The van der Waals surface area contributed by atoms with Gasteiger partial charge in [0.25, 0.3) is 11.7 Å². The minimum Gasteiger partial charge on any atom is -0.332 e. The number of hydrogen-bond donors (Lipinski definition) is 1. The van der Waals surface area contributed by atoms with E-state index in [1.807, 2.05) is 0 Å². The Morgan fingerprint density at radius 2 is 1.62 bits per heavy atom. The summed E-state index contributed by atoms with van der Waals surface area (Å²) in [6.07, 6.45) is -2.25. The van der Waals surface area contributed by atoms with E-state index in [1.54, 1.807) is 30.3 Å². The lowest BCUT2D eigenvalue weighted by Crippen LogP contribution is -2.27. The van der Waals surface area contributed by atoms with Gasteiger partial charge in [-0.25, -0.2) is 9.97 Å². The second-order valence-electron chi connectivity index (χ2n) is 6.81. The van der Waals surface area contributed by atoms with E-state index >= 15 is 0 Å². The quantitative estimate of drug-likeness (QED) is 0.338. The van der Waals surface area contributed by atoms with Crippen molar-refractivity contribution in [2.45, 2.75) is 12.7 Å². The fraction of sp³-hybridized carbons (Fsp3) is 0.0909. The highest BCUT2D eigenvalue weighted by atomic mass is 35.5. The first-order chi connectivity index (χ1) is 15.3. The molecule has 0 unspecified atom stereocenters. The number of ketones is 1. The number of anilines is 1. The maximum atomic E-state index is 14.2. The molecule has 0 spiro atoms. The Balaban J connectivity index is 1.85. The van der Waals surface area contributed by atoms with Crippen molar-refractivity contribution in [2.75, 3.05) is 5.32 Å². The van der Waals surface area contributed by atoms with Crippen molar-refractivity contribution in [2.24, 2.45) is 0 Å². The predicted molar refractivity (Wildman–Crippen MR) is 112 cm³/mol. The summed E-state index contributed by atoms with van der Waals surface area (Å²) in [5.41, 5.74) is -1.22. The molecule has 4 rings (SSSR count). The van der Waals surface area contributed by atoms with E-state index in [0.29, 0.717) is 10.6 Å². The van der Waals surface area contributed by atoms with Crippen LogP contribution in [0.25, 0.3) is 10.9 Å². The Kier molecular flexibility index (Phi) is 5.67. The summed E-state index contributed by atoms with van der Waals surface area (Å²) in [6.45, 7) is -0.177. The Bertz CT molecular complexity index is 1300. The molecule has 162 valence electrons. The number of carbonyl (C=O) groups excluding carboxylic acids is 2. The molecule has 10 heteroatoms. The average molecular weight is 459 g/mol. The van der Waals surface area contributed by atoms with Crippen molar-refractivity contribution in [3.05, 3.63) is 88.8 Å². The van der Waals surface area contributed by atoms with Gasteiger partial charge >= 0.3 is 6.18 Å². The topological polar surface area (TPSA) is 76.9 Å². The molecule has 2 aromatic carbocycles. The third-order valence-electron chi connectivity index (χ3n) is 4.72. The van der Waals surface area contributed by atoms with Gasteiger partial charge in [0.1, 0.15) is 5.69 Å². The summed E-state index contributed by atoms with van der Waals surface area (Å²) in [6, 6.07) is 13.7. The van der Waals surface area contributed by atoms with E-state index in [0.717, 1.165) is 4.57 Å². The van der Waals surface area contributed by atoms with Gasteiger partial charge < -0.3 is 4.57 Å². The van der Waals surface area contributed by atoms with Gasteiger partial charge in [-0.15, -0.1) is 0 Å². The van der Waals surface area contributed by atoms with E-state index < -0.39 is 29.1 Å². The van der Waals surface area contributed by atoms with Gasteiger partial charge in [0.15, 0.2) is 0 Å². The minimum atomic E-state index is -4.90. The highest BCUT2D eigenvalue weighted by Crippen LogP contribution is 2.39. The number of alkyl halides is 3. The van der Waals surface area contributed by atoms with E-state index in [-0.39, 0.29) is 23.4 Å². The van der Waals surface area contributed by atoms with Crippen LogP contribution in [0.3, 0.4) is 0 Å². The molecule has 32 heavy (non-hydrogen) atoms. The second kappa shape index (κ2) is 8.43. The number of halogens is 4. The van der Waals surface area contributed by atoms with E-state index in [4.69, 9.17) is 11.6 Å². The van der Waals surface area contributed by atoms with Crippen LogP contribution in [0.5, 0.6) is 0 Å². The first-order valence-electron chi connectivity index (χ1n) is 9.31. The molecule has 0 saturated heterocycles. The van der Waals surface area contributed by atoms with Crippen LogP contribution in [0, 0.1) is 0 Å². The molecule has 0 aliphatic heterocycles. The van der Waals surface area contributed by atoms with Crippen molar-refractivity contribution in [3.63, 3.8) is 0 Å². The highest BCUT2D eigenvalue weighted by Gasteiger charge is 2.42. The lowest BCUT2D eigenvalue weighted by Gasteiger charge is -2.15. The largest absolute Gasteiger partial charge is 0.432 e. The number of benzene rings is 2. The third-order valence-corrected chi connectivity index (χ3v) is 4.97. The molecule has 0 bridgehead atoms. The van der Waals surface area contributed by atoms with Gasteiger partial charge in [0, 0.05) is 34.9 Å². The number of amides is 1. The van der Waals surface area contributed by atoms with Gasteiger partial charge in [0.2, 0.25) is 5.95 Å². The summed E-state index contributed by atoms with van der Waals surface area (Å²) in [4.78, 5) is 33.0. The molecule has 0 saturated carbocycles. The van der Waals surface area contributed by atoms with Crippen LogP contribution < -0.4 is 5.32 Å². The number of hydrogen-bond acceptors (Lipinski definition) is 4. The normalized spacial score (nSPS) is 11.5. The van der Waals surface area contributed by atoms with Gasteiger partial charge in [-0.1, -0.05) is 41.9 Å². The molecule has 2 aromatic heterocycles. The molecule has 4 aromatic rings. The van der Waals surface area contributed by atoms with Crippen LogP contribution in [0.1, 0.15) is 21.6 Å². The fourth-order valence-electron chi connectivity index (χ4n) is 3.40. The van der Waals surface area contributed by atoms with Crippen molar-refractivity contribution in [1.82, 2.24) is 14.5 Å². The minimum absolute atomic E-state index is 0.0166. The zero-order valence-corrected chi connectivity index (χ0v) is 17.0. The Hall–Kier alpha value is -3.72. The maximum Gasteiger partial charge on any atom is 0.432 e. The fourth-order valence-corrected chi connectivity index (χ4v) is 3.53. The molecule has 0 atom stereocenters. The average Bonchev–Trinajstić information content (AvgIpc) is 3.10. The van der Waals surface area contributed by atoms with Gasteiger partial charge in [-0.2, -0.15) is 13.2 Å². The van der Waals surface area contributed by atoms with Crippen LogP contribution in [0.15, 0.2) is 67.0 Å². The molecule has 1 amide bonds. The van der Waals surface area contributed by atoms with Gasteiger partial charge in [-0.05, 0) is 29.8 Å². The van der Waals surface area contributed by atoms with E-state index in [9.17, 15) is 22.8 Å². The van der Waals surface area contributed by atoms with Crippen LogP contribution in [-0.2, 0) is 17.5 Å². The summed E-state index contributed by atoms with van der Waals surface area (Å²) in [5.74, 6) is -2.80. The SMILES string of the molecule is O=C(Nc1ncccn1)C(=O)c1c(C(F)(F)F)n(Cc2ccc(Cl)cc2)c2ccccc12. The van der Waals surface area contributed by atoms with E-state index in [2.05, 4.69) is 15.3 Å². The number of carbonyl (C=O) groups is 2. The first kappa shape index (κ1) is 21.5. The number of Topliss-reactive ketones (excluding diaryl/α,β-unsaturated/α-hetero) is 1. The summed E-state index contributed by atoms with van der Waals surface area (Å²) < 4.78 is 43.6. The smallest absolute Gasteiger partial charge is 0.332 e. The monoisotopic (exact) mass is 458 g/mol. The molecular weight excluding hydrogens is 445 g/mol. The Morgan fingerprint density at radius 3 is 2.28 bits per heavy atom.